The standard InChI is InChI=1S/C49H33N5/c1-49(2)42-23-13-11-21-38(42)40-28-41-39-22-12-14-24-44(39)54(45(41)29-43(40)49)36-26-34(37-20-10-9-19-33(37)30-50)25-35(27-36)48-52-46(31-15-5-3-6-16-31)51-47(53-48)32-17-7-4-8-18-32/h3-29H,1-2H3. The molecule has 0 spiro atoms. The molecule has 2 heterocycles. The molecule has 0 N–H and O–H groups in total. The van der Waals surface area contributed by atoms with Gasteiger partial charge in [0.15, 0.2) is 17.5 Å². The van der Waals surface area contributed by atoms with Crippen molar-refractivity contribution in [3.05, 3.63) is 180 Å². The molecule has 0 atom stereocenters. The Labute approximate surface area is 313 Å². The van der Waals surface area contributed by atoms with Crippen LogP contribution in [0, 0.1) is 11.3 Å². The molecule has 9 aromatic rings. The number of para-hydroxylation sites is 1. The first-order valence-corrected chi connectivity index (χ1v) is 18.2. The van der Waals surface area contributed by atoms with Crippen molar-refractivity contribution in [3.8, 4) is 68.2 Å². The molecule has 2 aromatic heterocycles. The van der Waals surface area contributed by atoms with Gasteiger partial charge in [-0.3, -0.25) is 0 Å². The molecule has 0 bridgehead atoms. The molecule has 5 nitrogen and oxygen atoms in total. The average molecular weight is 692 g/mol. The monoisotopic (exact) mass is 691 g/mol. The van der Waals surface area contributed by atoms with Crippen LogP contribution in [0.25, 0.3) is 83.9 Å². The molecule has 0 unspecified atom stereocenters. The highest BCUT2D eigenvalue weighted by Gasteiger charge is 2.36. The molecule has 5 heteroatoms. The van der Waals surface area contributed by atoms with E-state index in [-0.39, 0.29) is 5.41 Å². The number of fused-ring (bicyclic) bond motifs is 6. The zero-order chi connectivity index (χ0) is 36.4. The molecule has 1 aliphatic rings. The van der Waals surface area contributed by atoms with E-state index in [9.17, 15) is 5.26 Å². The van der Waals surface area contributed by atoms with Gasteiger partial charge in [0, 0.05) is 38.6 Å². The number of rotatable bonds is 5. The molecule has 0 amide bonds. The number of benzene rings is 7. The predicted molar refractivity (Wildman–Crippen MR) is 218 cm³/mol. The minimum atomic E-state index is -0.160. The van der Waals surface area contributed by atoms with Crippen LogP contribution in [-0.4, -0.2) is 19.5 Å². The van der Waals surface area contributed by atoms with Gasteiger partial charge in [-0.25, -0.2) is 15.0 Å². The van der Waals surface area contributed by atoms with Gasteiger partial charge in [0.1, 0.15) is 0 Å². The van der Waals surface area contributed by atoms with Crippen LogP contribution in [0.2, 0.25) is 0 Å². The topological polar surface area (TPSA) is 67.4 Å². The van der Waals surface area contributed by atoms with Gasteiger partial charge in [0.25, 0.3) is 0 Å². The van der Waals surface area contributed by atoms with Crippen LogP contribution in [0.5, 0.6) is 0 Å². The second-order valence-corrected chi connectivity index (χ2v) is 14.4. The summed E-state index contributed by atoms with van der Waals surface area (Å²) in [7, 11) is 0. The summed E-state index contributed by atoms with van der Waals surface area (Å²) in [5.41, 5.74) is 13.3. The average Bonchev–Trinajstić information content (AvgIpc) is 3.68. The second-order valence-electron chi connectivity index (χ2n) is 14.4. The van der Waals surface area contributed by atoms with Gasteiger partial charge in [0.05, 0.1) is 22.7 Å². The van der Waals surface area contributed by atoms with Gasteiger partial charge >= 0.3 is 0 Å². The van der Waals surface area contributed by atoms with Crippen molar-refractivity contribution in [3.63, 3.8) is 0 Å². The Kier molecular flexibility index (Phi) is 7.14. The fourth-order valence-electron chi connectivity index (χ4n) is 8.24. The summed E-state index contributed by atoms with van der Waals surface area (Å²) in [4.78, 5) is 15.2. The number of hydrogen-bond acceptors (Lipinski definition) is 4. The van der Waals surface area contributed by atoms with Crippen LogP contribution in [-0.2, 0) is 5.41 Å². The van der Waals surface area contributed by atoms with Gasteiger partial charge in [-0.2, -0.15) is 5.26 Å². The molecular weight excluding hydrogens is 659 g/mol. The molecule has 0 saturated carbocycles. The number of nitriles is 1. The molecule has 0 fully saturated rings. The van der Waals surface area contributed by atoms with Crippen LogP contribution < -0.4 is 0 Å². The highest BCUT2D eigenvalue weighted by molar-refractivity contribution is 6.11. The predicted octanol–water partition coefficient (Wildman–Crippen LogP) is 11.8. The Balaban J connectivity index is 1.28. The van der Waals surface area contributed by atoms with Gasteiger partial charge < -0.3 is 4.57 Å². The maximum absolute atomic E-state index is 10.3. The van der Waals surface area contributed by atoms with Crippen LogP contribution in [0.4, 0.5) is 0 Å². The first-order chi connectivity index (χ1) is 26.5. The van der Waals surface area contributed by atoms with Gasteiger partial charge in [-0.1, -0.05) is 135 Å². The van der Waals surface area contributed by atoms with Gasteiger partial charge in [-0.15, -0.1) is 0 Å². The molecule has 10 rings (SSSR count). The Morgan fingerprint density at radius 3 is 1.74 bits per heavy atom. The lowest BCUT2D eigenvalue weighted by molar-refractivity contribution is 0.661. The van der Waals surface area contributed by atoms with Gasteiger partial charge in [0.2, 0.25) is 0 Å². The van der Waals surface area contributed by atoms with Crippen LogP contribution in [0.1, 0.15) is 30.5 Å². The van der Waals surface area contributed by atoms with E-state index in [2.05, 4.69) is 103 Å². The molecule has 0 aliphatic heterocycles. The maximum atomic E-state index is 10.3. The van der Waals surface area contributed by atoms with Crippen molar-refractivity contribution >= 4 is 21.8 Å². The van der Waals surface area contributed by atoms with Crippen molar-refractivity contribution < 1.29 is 0 Å². The smallest absolute Gasteiger partial charge is 0.164 e. The Bertz CT molecular complexity index is 2910. The molecule has 54 heavy (non-hydrogen) atoms. The van der Waals surface area contributed by atoms with Crippen molar-refractivity contribution in [1.82, 2.24) is 19.5 Å². The molecule has 7 aromatic carbocycles. The van der Waals surface area contributed by atoms with E-state index in [4.69, 9.17) is 15.0 Å². The van der Waals surface area contributed by atoms with E-state index < -0.39 is 0 Å². The second kappa shape index (κ2) is 12.2. The number of aromatic nitrogens is 4. The zero-order valence-corrected chi connectivity index (χ0v) is 29.8. The lowest BCUT2D eigenvalue weighted by Gasteiger charge is -2.22. The molecular formula is C49H33N5. The normalized spacial score (nSPS) is 12.8. The zero-order valence-electron chi connectivity index (χ0n) is 29.8. The maximum Gasteiger partial charge on any atom is 0.164 e. The third-order valence-electron chi connectivity index (χ3n) is 10.9. The first-order valence-electron chi connectivity index (χ1n) is 18.2. The third-order valence-corrected chi connectivity index (χ3v) is 10.9. The van der Waals surface area contributed by atoms with Gasteiger partial charge in [-0.05, 0) is 75.8 Å². The van der Waals surface area contributed by atoms with Crippen LogP contribution >= 0.6 is 0 Å². The molecule has 1 aliphatic carbocycles. The van der Waals surface area contributed by atoms with Crippen molar-refractivity contribution in [2.75, 3.05) is 0 Å². The molecule has 0 saturated heterocycles. The Morgan fingerprint density at radius 1 is 0.463 bits per heavy atom. The lowest BCUT2D eigenvalue weighted by atomic mass is 9.82. The van der Waals surface area contributed by atoms with Crippen LogP contribution in [0.15, 0.2) is 164 Å². The summed E-state index contributed by atoms with van der Waals surface area (Å²) < 4.78 is 2.36. The summed E-state index contributed by atoms with van der Waals surface area (Å²) in [5.74, 6) is 1.74. The van der Waals surface area contributed by atoms with E-state index in [0.717, 1.165) is 44.5 Å². The summed E-state index contributed by atoms with van der Waals surface area (Å²) in [6, 6.07) is 58.9. The van der Waals surface area contributed by atoms with E-state index in [1.165, 1.54) is 33.0 Å². The summed E-state index contributed by atoms with van der Waals surface area (Å²) in [5, 5.41) is 12.6. The summed E-state index contributed by atoms with van der Waals surface area (Å²) in [6.07, 6.45) is 0. The van der Waals surface area contributed by atoms with Crippen molar-refractivity contribution in [1.29, 1.82) is 5.26 Å². The lowest BCUT2D eigenvalue weighted by Crippen LogP contribution is -2.15. The fraction of sp³-hybridized carbons (Fsp3) is 0.0612. The number of nitrogens with zero attached hydrogens (tertiary/aromatic N) is 5. The van der Waals surface area contributed by atoms with Crippen molar-refractivity contribution in [2.45, 2.75) is 19.3 Å². The van der Waals surface area contributed by atoms with E-state index in [1.54, 1.807) is 0 Å². The third kappa shape index (κ3) is 4.96. The largest absolute Gasteiger partial charge is 0.309 e. The quantitative estimate of drug-likeness (QED) is 0.180. The Hall–Kier alpha value is -7.16. The minimum absolute atomic E-state index is 0.160. The number of hydrogen-bond donors (Lipinski definition) is 0. The SMILES string of the molecule is CC1(C)c2ccccc2-c2cc3c4ccccc4n(-c4cc(-c5nc(-c6ccccc6)nc(-c6ccccc6)n5)cc(-c5ccccc5C#N)c4)c3cc21. The highest BCUT2D eigenvalue weighted by atomic mass is 15.0. The van der Waals surface area contributed by atoms with E-state index in [1.807, 2.05) is 84.9 Å². The van der Waals surface area contributed by atoms with Crippen LogP contribution in [0.3, 0.4) is 0 Å². The molecule has 0 radical (unpaired) electrons. The first kappa shape index (κ1) is 31.6. The molecule has 254 valence electrons. The highest BCUT2D eigenvalue weighted by Crippen LogP contribution is 2.51. The van der Waals surface area contributed by atoms with E-state index >= 15 is 0 Å². The fourth-order valence-corrected chi connectivity index (χ4v) is 8.24. The Morgan fingerprint density at radius 2 is 1.04 bits per heavy atom. The summed E-state index contributed by atoms with van der Waals surface area (Å²) >= 11 is 0. The van der Waals surface area contributed by atoms with E-state index in [0.29, 0.717) is 23.0 Å². The summed E-state index contributed by atoms with van der Waals surface area (Å²) in [6.45, 7) is 4.65. The van der Waals surface area contributed by atoms with Crippen molar-refractivity contribution in [2.24, 2.45) is 0 Å². The minimum Gasteiger partial charge on any atom is -0.309 e.